The number of hydrogen-bond donors (Lipinski definition) is 0. The SMILES string of the molecule is CCC1CC(=O)OC(C)C12OC1(C)OC3(C)CCCC3C2(CC)O1. The standard InChI is InChI=1S/C19H30O5/c1-6-13-11-15(20)21-12(3)19(13)18(7-2)14-9-8-10-16(14,4)22-17(5,23-18)24-19/h12-14H,6-11H2,1-5H3. The molecule has 2 bridgehead atoms. The van der Waals surface area contributed by atoms with Crippen LogP contribution in [0.5, 0.6) is 0 Å². The summed E-state index contributed by atoms with van der Waals surface area (Å²) < 4.78 is 25.4. The Balaban J connectivity index is 1.91. The van der Waals surface area contributed by atoms with Gasteiger partial charge in [0.25, 0.3) is 5.97 Å². The third-order valence-electron chi connectivity index (χ3n) is 7.22. The molecule has 0 amide bonds. The molecule has 1 aliphatic carbocycles. The minimum atomic E-state index is -1.06. The van der Waals surface area contributed by atoms with Crippen LogP contribution in [0.4, 0.5) is 0 Å². The minimum Gasteiger partial charge on any atom is -0.459 e. The lowest BCUT2D eigenvalue weighted by atomic mass is 9.59. The smallest absolute Gasteiger partial charge is 0.306 e. The maximum atomic E-state index is 12.1. The van der Waals surface area contributed by atoms with Crippen LogP contribution in [0.2, 0.25) is 0 Å². The number of rotatable bonds is 2. The minimum absolute atomic E-state index is 0.0853. The van der Waals surface area contributed by atoms with Crippen LogP contribution in [0.25, 0.3) is 0 Å². The summed E-state index contributed by atoms with van der Waals surface area (Å²) in [7, 11) is 0. The van der Waals surface area contributed by atoms with Crippen molar-refractivity contribution in [2.24, 2.45) is 11.8 Å². The number of carbonyl (C=O) groups is 1. The monoisotopic (exact) mass is 338 g/mol. The first-order chi connectivity index (χ1) is 11.3. The van der Waals surface area contributed by atoms with Crippen molar-refractivity contribution in [2.75, 3.05) is 0 Å². The van der Waals surface area contributed by atoms with Gasteiger partial charge in [-0.25, -0.2) is 0 Å². The third-order valence-corrected chi connectivity index (χ3v) is 7.22. The molecule has 5 heteroatoms. The van der Waals surface area contributed by atoms with E-state index in [1.165, 1.54) is 0 Å². The first-order valence-electron chi connectivity index (χ1n) is 9.55. The summed E-state index contributed by atoms with van der Waals surface area (Å²) in [6.45, 7) is 10.4. The van der Waals surface area contributed by atoms with Crippen LogP contribution in [-0.2, 0) is 23.7 Å². The maximum Gasteiger partial charge on any atom is 0.306 e. The van der Waals surface area contributed by atoms with Crippen molar-refractivity contribution < 1.29 is 23.7 Å². The Morgan fingerprint density at radius 2 is 1.92 bits per heavy atom. The highest BCUT2D eigenvalue weighted by atomic mass is 16.9. The Morgan fingerprint density at radius 1 is 1.17 bits per heavy atom. The summed E-state index contributed by atoms with van der Waals surface area (Å²) >= 11 is 0. The Kier molecular flexibility index (Phi) is 3.47. The van der Waals surface area contributed by atoms with Gasteiger partial charge in [0.05, 0.1) is 12.0 Å². The zero-order valence-corrected chi connectivity index (χ0v) is 15.5. The topological polar surface area (TPSA) is 54.0 Å². The van der Waals surface area contributed by atoms with Crippen LogP contribution in [0, 0.1) is 11.8 Å². The largest absolute Gasteiger partial charge is 0.459 e. The lowest BCUT2D eigenvalue weighted by Crippen LogP contribution is -2.70. The first-order valence-corrected chi connectivity index (χ1v) is 9.55. The zero-order chi connectivity index (χ0) is 17.4. The van der Waals surface area contributed by atoms with Gasteiger partial charge in [-0.15, -0.1) is 0 Å². The van der Waals surface area contributed by atoms with Gasteiger partial charge >= 0.3 is 5.97 Å². The Morgan fingerprint density at radius 3 is 2.58 bits per heavy atom. The second-order valence-corrected chi connectivity index (χ2v) is 8.40. The van der Waals surface area contributed by atoms with E-state index in [1.807, 2.05) is 13.8 Å². The van der Waals surface area contributed by atoms with E-state index in [2.05, 4.69) is 20.8 Å². The average molecular weight is 338 g/mol. The quantitative estimate of drug-likeness (QED) is 0.721. The van der Waals surface area contributed by atoms with Crippen molar-refractivity contribution >= 4 is 5.97 Å². The second kappa shape index (κ2) is 4.95. The first kappa shape index (κ1) is 16.8. The van der Waals surface area contributed by atoms with Crippen molar-refractivity contribution in [3.05, 3.63) is 0 Å². The van der Waals surface area contributed by atoms with E-state index in [9.17, 15) is 4.79 Å². The Bertz CT molecular complexity index is 564. The molecule has 3 heterocycles. The highest BCUT2D eigenvalue weighted by molar-refractivity contribution is 5.71. The fourth-order valence-electron chi connectivity index (χ4n) is 6.53. The molecule has 0 aromatic carbocycles. The van der Waals surface area contributed by atoms with Gasteiger partial charge in [-0.1, -0.05) is 20.3 Å². The summed E-state index contributed by atoms with van der Waals surface area (Å²) in [6, 6.07) is 0. The number of cyclic esters (lactones) is 1. The summed E-state index contributed by atoms with van der Waals surface area (Å²) in [5.41, 5.74) is -1.33. The van der Waals surface area contributed by atoms with E-state index < -0.39 is 17.2 Å². The van der Waals surface area contributed by atoms with Crippen molar-refractivity contribution in [2.45, 2.75) is 102 Å². The van der Waals surface area contributed by atoms with Crippen molar-refractivity contribution in [3.63, 3.8) is 0 Å². The zero-order valence-electron chi connectivity index (χ0n) is 15.5. The molecule has 7 atom stereocenters. The molecule has 1 saturated carbocycles. The lowest BCUT2D eigenvalue weighted by molar-refractivity contribution is -0.414. The van der Waals surface area contributed by atoms with Crippen LogP contribution in [0.15, 0.2) is 0 Å². The van der Waals surface area contributed by atoms with Gasteiger partial charge in [0, 0.05) is 18.8 Å². The molecule has 3 aliphatic heterocycles. The van der Waals surface area contributed by atoms with E-state index in [0.29, 0.717) is 6.42 Å². The Labute approximate surface area is 144 Å². The van der Waals surface area contributed by atoms with Gasteiger partial charge in [-0.2, -0.15) is 0 Å². The van der Waals surface area contributed by atoms with E-state index in [0.717, 1.165) is 32.1 Å². The van der Waals surface area contributed by atoms with Gasteiger partial charge in [-0.3, -0.25) is 4.79 Å². The van der Waals surface area contributed by atoms with Gasteiger partial charge in [-0.05, 0) is 39.5 Å². The van der Waals surface area contributed by atoms with Crippen LogP contribution in [0.3, 0.4) is 0 Å². The molecule has 1 spiro atoms. The second-order valence-electron chi connectivity index (χ2n) is 8.40. The molecule has 7 unspecified atom stereocenters. The number of hydrogen-bond acceptors (Lipinski definition) is 5. The molecule has 4 aliphatic rings. The molecule has 0 aromatic heterocycles. The molecule has 0 aromatic rings. The van der Waals surface area contributed by atoms with Crippen molar-refractivity contribution in [1.82, 2.24) is 0 Å². The summed E-state index contributed by atoms with van der Waals surface area (Å²) in [5, 5.41) is 0. The van der Waals surface area contributed by atoms with Gasteiger partial charge in [0.2, 0.25) is 0 Å². The highest BCUT2D eigenvalue weighted by Crippen LogP contribution is 2.67. The molecular weight excluding hydrogens is 308 g/mol. The molecule has 0 N–H and O–H groups in total. The normalized spacial score (nSPS) is 56.4. The fraction of sp³-hybridized carbons (Fsp3) is 0.947. The summed E-state index contributed by atoms with van der Waals surface area (Å²) in [4.78, 5) is 12.1. The summed E-state index contributed by atoms with van der Waals surface area (Å²) in [6.07, 6.45) is 5.01. The number of carbonyl (C=O) groups excluding carboxylic acids is 1. The van der Waals surface area contributed by atoms with E-state index in [4.69, 9.17) is 18.9 Å². The van der Waals surface area contributed by atoms with Crippen LogP contribution < -0.4 is 0 Å². The van der Waals surface area contributed by atoms with Gasteiger partial charge in [0.1, 0.15) is 17.3 Å². The lowest BCUT2D eigenvalue weighted by Gasteiger charge is -2.56. The molecule has 5 nitrogen and oxygen atoms in total. The van der Waals surface area contributed by atoms with Gasteiger partial charge < -0.3 is 18.9 Å². The molecule has 136 valence electrons. The van der Waals surface area contributed by atoms with Crippen LogP contribution in [-0.4, -0.2) is 34.8 Å². The molecule has 3 saturated heterocycles. The average Bonchev–Trinajstić information content (AvgIpc) is 2.99. The van der Waals surface area contributed by atoms with E-state index >= 15 is 0 Å². The number of esters is 1. The van der Waals surface area contributed by atoms with Crippen molar-refractivity contribution in [1.29, 1.82) is 0 Å². The molecule has 4 fully saturated rings. The highest BCUT2D eigenvalue weighted by Gasteiger charge is 2.79. The predicted octanol–water partition coefficient (Wildman–Crippen LogP) is 3.55. The number of ether oxygens (including phenoxy) is 4. The van der Waals surface area contributed by atoms with E-state index in [1.54, 1.807) is 0 Å². The fourth-order valence-corrected chi connectivity index (χ4v) is 6.53. The van der Waals surface area contributed by atoms with Gasteiger partial charge in [0.15, 0.2) is 0 Å². The Hall–Kier alpha value is -0.650. The maximum absolute atomic E-state index is 12.1. The third kappa shape index (κ3) is 1.79. The van der Waals surface area contributed by atoms with Crippen LogP contribution in [0.1, 0.15) is 73.1 Å². The summed E-state index contributed by atoms with van der Waals surface area (Å²) in [5.74, 6) is -0.839. The van der Waals surface area contributed by atoms with Crippen LogP contribution >= 0.6 is 0 Å². The molecular formula is C19H30O5. The molecule has 24 heavy (non-hydrogen) atoms. The number of fused-ring (bicyclic) bond motifs is 5. The molecule has 4 rings (SSSR count). The van der Waals surface area contributed by atoms with E-state index in [-0.39, 0.29) is 29.5 Å². The molecule has 0 radical (unpaired) electrons. The predicted molar refractivity (Wildman–Crippen MR) is 87.1 cm³/mol. The van der Waals surface area contributed by atoms with Crippen molar-refractivity contribution in [3.8, 4) is 0 Å².